The van der Waals surface area contributed by atoms with Crippen molar-refractivity contribution in [3.8, 4) is 22.8 Å². The minimum atomic E-state index is -0.670. The van der Waals surface area contributed by atoms with Gasteiger partial charge in [-0.05, 0) is 55.8 Å². The fourth-order valence-electron chi connectivity index (χ4n) is 4.35. The van der Waals surface area contributed by atoms with Crippen LogP contribution in [0.5, 0.6) is 11.5 Å². The Kier molecular flexibility index (Phi) is 8.85. The second-order valence-corrected chi connectivity index (χ2v) is 8.84. The zero-order chi connectivity index (χ0) is 27.1. The Labute approximate surface area is 219 Å². The minimum Gasteiger partial charge on any atom is -0.493 e. The molecule has 0 bridgehead atoms. The van der Waals surface area contributed by atoms with Crippen molar-refractivity contribution in [2.24, 2.45) is 0 Å². The van der Waals surface area contributed by atoms with Gasteiger partial charge in [0.2, 0.25) is 0 Å². The maximum Gasteiger partial charge on any atom is 0.258 e. The van der Waals surface area contributed by atoms with Crippen LogP contribution >= 0.6 is 0 Å². The molecule has 4 aromatic rings. The van der Waals surface area contributed by atoms with Gasteiger partial charge < -0.3 is 25.1 Å². The number of anilines is 1. The Morgan fingerprint density at radius 2 is 1.74 bits per heavy atom. The first-order valence-electron chi connectivity index (χ1n) is 12.4. The van der Waals surface area contributed by atoms with Crippen LogP contribution in [0.15, 0.2) is 47.4 Å². The lowest BCUT2D eigenvalue weighted by molar-refractivity contribution is 0.357. The number of piperidine rings is 1. The number of nitrogens with one attached hydrogen (secondary N) is 3. The van der Waals surface area contributed by atoms with E-state index in [0.29, 0.717) is 51.6 Å². The van der Waals surface area contributed by atoms with Gasteiger partial charge in [-0.15, -0.1) is 0 Å². The minimum absolute atomic E-state index is 0.299. The summed E-state index contributed by atoms with van der Waals surface area (Å²) >= 11 is 0. The number of halogens is 2. The predicted octanol–water partition coefficient (Wildman–Crippen LogP) is 4.67. The average Bonchev–Trinajstić information content (AvgIpc) is 2.93. The number of pyridine rings is 1. The number of benzene rings is 2. The van der Waals surface area contributed by atoms with Crippen LogP contribution in [0.2, 0.25) is 0 Å². The Morgan fingerprint density at radius 1 is 1.00 bits per heavy atom. The van der Waals surface area contributed by atoms with E-state index in [1.54, 1.807) is 31.4 Å². The van der Waals surface area contributed by atoms with E-state index in [1.165, 1.54) is 58.7 Å². The summed E-state index contributed by atoms with van der Waals surface area (Å²) in [5, 5.41) is 6.67. The molecular weight excluding hydrogens is 492 g/mol. The number of methoxy groups -OCH3 is 2. The quantitative estimate of drug-likeness (QED) is 0.338. The van der Waals surface area contributed by atoms with Crippen LogP contribution in [0.1, 0.15) is 30.7 Å². The van der Waals surface area contributed by atoms with Crippen molar-refractivity contribution in [2.75, 3.05) is 39.7 Å². The van der Waals surface area contributed by atoms with E-state index in [9.17, 15) is 13.6 Å². The highest BCUT2D eigenvalue weighted by Crippen LogP contribution is 2.39. The van der Waals surface area contributed by atoms with Gasteiger partial charge in [-0.2, -0.15) is 0 Å². The van der Waals surface area contributed by atoms with E-state index in [1.807, 2.05) is 0 Å². The SMILES string of the molecule is C1CCNCC1.CNc1c(OC)c(OC)cc2c(=O)[nH]c(Cc3ccc(-c4cc(F)cc(F)c4)nc3)nc12. The number of ether oxygens (including phenoxy) is 2. The molecule has 1 fully saturated rings. The molecule has 2 aromatic carbocycles. The van der Waals surface area contributed by atoms with Crippen molar-refractivity contribution in [2.45, 2.75) is 25.7 Å². The van der Waals surface area contributed by atoms with Crippen molar-refractivity contribution in [1.82, 2.24) is 20.3 Å². The smallest absolute Gasteiger partial charge is 0.258 e. The van der Waals surface area contributed by atoms with E-state index in [4.69, 9.17) is 9.47 Å². The molecule has 3 N–H and O–H groups in total. The largest absolute Gasteiger partial charge is 0.493 e. The molecule has 0 aliphatic carbocycles. The standard InChI is InChI=1S/C23H20F2N4O3.C5H11N/c1-26-21-20-16(10-18(31-2)22(21)32-3)23(30)29-19(28-20)6-12-4-5-17(27-11-12)13-7-14(24)9-15(25)8-13;1-2-4-6-5-3-1/h4-5,7-11,26H,6H2,1-3H3,(H,28,29,30);6H,1-5H2. The molecular formula is C28H31F2N5O3. The lowest BCUT2D eigenvalue weighted by atomic mass is 10.1. The van der Waals surface area contributed by atoms with Crippen molar-refractivity contribution in [3.05, 3.63) is 76.0 Å². The van der Waals surface area contributed by atoms with Crippen LogP contribution in [0.25, 0.3) is 22.2 Å². The molecule has 10 heteroatoms. The normalized spacial score (nSPS) is 13.0. The second-order valence-electron chi connectivity index (χ2n) is 8.84. The third kappa shape index (κ3) is 6.25. The number of nitrogens with zero attached hydrogens (tertiary/aromatic N) is 2. The first-order valence-corrected chi connectivity index (χ1v) is 12.4. The molecule has 2 aromatic heterocycles. The maximum absolute atomic E-state index is 13.5. The number of aromatic nitrogens is 3. The number of fused-ring (bicyclic) bond motifs is 1. The van der Waals surface area contributed by atoms with Crippen LogP contribution in [0.3, 0.4) is 0 Å². The molecule has 1 aliphatic heterocycles. The summed E-state index contributed by atoms with van der Waals surface area (Å²) in [6.07, 6.45) is 6.09. The average molecular weight is 524 g/mol. The summed E-state index contributed by atoms with van der Waals surface area (Å²) in [6.45, 7) is 2.50. The second kappa shape index (κ2) is 12.5. The zero-order valence-electron chi connectivity index (χ0n) is 21.7. The topological polar surface area (TPSA) is 101 Å². The number of hydrogen-bond acceptors (Lipinski definition) is 7. The van der Waals surface area contributed by atoms with Crippen LogP contribution in [0.4, 0.5) is 14.5 Å². The summed E-state index contributed by atoms with van der Waals surface area (Å²) in [4.78, 5) is 24.4. The lowest BCUT2D eigenvalue weighted by Gasteiger charge is -2.15. The molecule has 1 saturated heterocycles. The van der Waals surface area contributed by atoms with Crippen LogP contribution in [-0.4, -0.2) is 49.3 Å². The third-order valence-electron chi connectivity index (χ3n) is 6.20. The zero-order valence-corrected chi connectivity index (χ0v) is 21.7. The van der Waals surface area contributed by atoms with Gasteiger partial charge in [-0.1, -0.05) is 12.5 Å². The summed E-state index contributed by atoms with van der Waals surface area (Å²) in [5.74, 6) is -0.0529. The summed E-state index contributed by atoms with van der Waals surface area (Å²) in [6, 6.07) is 8.25. The molecule has 0 amide bonds. The Hall–Kier alpha value is -4.05. The van der Waals surface area contributed by atoms with E-state index >= 15 is 0 Å². The van der Waals surface area contributed by atoms with Crippen LogP contribution in [0, 0.1) is 11.6 Å². The number of rotatable bonds is 6. The monoisotopic (exact) mass is 523 g/mol. The molecule has 0 spiro atoms. The molecule has 1 aliphatic rings. The molecule has 3 heterocycles. The van der Waals surface area contributed by atoms with E-state index in [-0.39, 0.29) is 5.56 Å². The molecule has 8 nitrogen and oxygen atoms in total. The highest BCUT2D eigenvalue weighted by molar-refractivity contribution is 5.95. The third-order valence-corrected chi connectivity index (χ3v) is 6.20. The predicted molar refractivity (Wildman–Crippen MR) is 144 cm³/mol. The summed E-state index contributed by atoms with van der Waals surface area (Å²) < 4.78 is 37.7. The molecule has 0 saturated carbocycles. The van der Waals surface area contributed by atoms with Gasteiger partial charge >= 0.3 is 0 Å². The lowest BCUT2D eigenvalue weighted by Crippen LogP contribution is -2.21. The highest BCUT2D eigenvalue weighted by atomic mass is 19.1. The maximum atomic E-state index is 13.5. The first kappa shape index (κ1) is 27.0. The van der Waals surface area contributed by atoms with Crippen molar-refractivity contribution in [3.63, 3.8) is 0 Å². The molecule has 38 heavy (non-hydrogen) atoms. The van der Waals surface area contributed by atoms with Crippen LogP contribution < -0.4 is 25.7 Å². The summed E-state index contributed by atoms with van der Waals surface area (Å²) in [7, 11) is 4.71. The van der Waals surface area contributed by atoms with Gasteiger partial charge in [0, 0.05) is 31.3 Å². The molecule has 0 radical (unpaired) electrons. The fourth-order valence-corrected chi connectivity index (χ4v) is 4.35. The van der Waals surface area contributed by atoms with Gasteiger partial charge in [0.05, 0.1) is 25.3 Å². The highest BCUT2D eigenvalue weighted by Gasteiger charge is 2.18. The van der Waals surface area contributed by atoms with Crippen molar-refractivity contribution < 1.29 is 18.3 Å². The first-order chi connectivity index (χ1) is 18.4. The fraction of sp³-hybridized carbons (Fsp3) is 0.321. The Morgan fingerprint density at radius 3 is 2.26 bits per heavy atom. The molecule has 5 rings (SSSR count). The number of hydrogen-bond donors (Lipinski definition) is 3. The molecule has 0 unspecified atom stereocenters. The van der Waals surface area contributed by atoms with Crippen molar-refractivity contribution in [1.29, 1.82) is 0 Å². The van der Waals surface area contributed by atoms with Gasteiger partial charge in [0.1, 0.15) is 28.7 Å². The summed E-state index contributed by atoms with van der Waals surface area (Å²) in [5.41, 5.74) is 2.20. The number of aromatic amines is 1. The molecule has 0 atom stereocenters. The van der Waals surface area contributed by atoms with Gasteiger partial charge in [-0.3, -0.25) is 9.78 Å². The molecule has 200 valence electrons. The van der Waals surface area contributed by atoms with Gasteiger partial charge in [-0.25, -0.2) is 13.8 Å². The van der Waals surface area contributed by atoms with Crippen LogP contribution in [-0.2, 0) is 6.42 Å². The van der Waals surface area contributed by atoms with E-state index < -0.39 is 11.6 Å². The van der Waals surface area contributed by atoms with E-state index in [0.717, 1.165) is 11.6 Å². The Balaban J connectivity index is 0.000000494. The van der Waals surface area contributed by atoms with E-state index in [2.05, 4.69) is 25.6 Å². The number of H-pyrrole nitrogens is 1. The Bertz CT molecular complexity index is 1420. The van der Waals surface area contributed by atoms with Gasteiger partial charge in [0.25, 0.3) is 5.56 Å². The van der Waals surface area contributed by atoms with Crippen molar-refractivity contribution >= 4 is 16.6 Å². The van der Waals surface area contributed by atoms with Gasteiger partial charge in [0.15, 0.2) is 11.5 Å².